The summed E-state index contributed by atoms with van der Waals surface area (Å²) < 4.78 is 0. The summed E-state index contributed by atoms with van der Waals surface area (Å²) >= 11 is 0. The molecule has 1 atom stereocenters. The highest BCUT2D eigenvalue weighted by atomic mass is 16.4. The van der Waals surface area contributed by atoms with Gasteiger partial charge in [0.1, 0.15) is 6.04 Å². The molecule has 0 bridgehead atoms. The third-order valence-corrected chi connectivity index (χ3v) is 2.89. The van der Waals surface area contributed by atoms with Gasteiger partial charge in [-0.3, -0.25) is 4.79 Å². The number of unbranched alkanes of at least 4 members (excludes halogenated alkanes) is 3. The number of carboxylic acids is 1. The fourth-order valence-corrected chi connectivity index (χ4v) is 1.82. The van der Waals surface area contributed by atoms with E-state index >= 15 is 0 Å². The Kier molecular flexibility index (Phi) is 6.33. The summed E-state index contributed by atoms with van der Waals surface area (Å²) in [5.74, 6) is -0.894. The number of rotatable bonds is 8. The second-order valence-electron chi connectivity index (χ2n) is 4.38. The maximum absolute atomic E-state index is 10.5. The van der Waals surface area contributed by atoms with E-state index in [0.29, 0.717) is 6.42 Å². The van der Waals surface area contributed by atoms with Crippen molar-refractivity contribution >= 4 is 5.97 Å². The monoisotopic (exact) mass is 235 g/mol. The van der Waals surface area contributed by atoms with Crippen molar-refractivity contribution in [2.75, 3.05) is 0 Å². The first-order chi connectivity index (χ1) is 8.20. The smallest absolute Gasteiger partial charge is 0.320 e. The molecule has 0 fully saturated rings. The largest absolute Gasteiger partial charge is 0.480 e. The van der Waals surface area contributed by atoms with Gasteiger partial charge in [0.25, 0.3) is 0 Å². The van der Waals surface area contributed by atoms with Crippen molar-refractivity contribution in [3.63, 3.8) is 0 Å². The molecule has 1 aromatic carbocycles. The number of carboxylic acid groups (broad SMARTS) is 1. The maximum Gasteiger partial charge on any atom is 0.320 e. The van der Waals surface area contributed by atoms with Crippen LogP contribution in [0, 0.1) is 0 Å². The highest BCUT2D eigenvalue weighted by molar-refractivity contribution is 5.72. The van der Waals surface area contributed by atoms with Gasteiger partial charge in [0.05, 0.1) is 0 Å². The van der Waals surface area contributed by atoms with Crippen molar-refractivity contribution in [3.05, 3.63) is 35.9 Å². The number of aliphatic carboxylic acids is 1. The molecule has 0 aliphatic rings. The molecule has 0 saturated carbocycles. The van der Waals surface area contributed by atoms with E-state index in [-0.39, 0.29) is 0 Å². The van der Waals surface area contributed by atoms with Crippen LogP contribution in [0.1, 0.15) is 37.7 Å². The fourth-order valence-electron chi connectivity index (χ4n) is 1.82. The van der Waals surface area contributed by atoms with Gasteiger partial charge in [-0.15, -0.1) is 0 Å². The van der Waals surface area contributed by atoms with Crippen molar-refractivity contribution in [1.29, 1.82) is 0 Å². The van der Waals surface area contributed by atoms with Gasteiger partial charge in [-0.05, 0) is 24.8 Å². The van der Waals surface area contributed by atoms with E-state index in [1.54, 1.807) is 0 Å². The SMILES string of the molecule is NC(CCCCCCc1ccccc1)C(=O)O. The Morgan fingerprint density at radius 1 is 1.12 bits per heavy atom. The molecule has 0 aromatic heterocycles. The van der Waals surface area contributed by atoms with Crippen LogP contribution in [0.4, 0.5) is 0 Å². The predicted molar refractivity (Wildman–Crippen MR) is 68.8 cm³/mol. The molecule has 1 aromatic rings. The number of carbonyl (C=O) groups is 1. The third kappa shape index (κ3) is 6.07. The fraction of sp³-hybridized carbons (Fsp3) is 0.500. The molecule has 1 unspecified atom stereocenters. The van der Waals surface area contributed by atoms with Crippen LogP contribution in [-0.4, -0.2) is 17.1 Å². The van der Waals surface area contributed by atoms with Gasteiger partial charge in [-0.1, -0.05) is 49.6 Å². The zero-order valence-electron chi connectivity index (χ0n) is 10.1. The minimum atomic E-state index is -0.894. The van der Waals surface area contributed by atoms with E-state index in [1.807, 2.05) is 6.07 Å². The standard InChI is InChI=1S/C14H21NO2/c15-13(14(16)17)11-7-2-1-4-8-12-9-5-3-6-10-12/h3,5-6,9-10,13H,1-2,4,7-8,11,15H2,(H,16,17). The summed E-state index contributed by atoms with van der Waals surface area (Å²) in [6.45, 7) is 0. The molecular formula is C14H21NO2. The average Bonchev–Trinajstić information content (AvgIpc) is 2.34. The van der Waals surface area contributed by atoms with E-state index in [0.717, 1.165) is 32.1 Å². The van der Waals surface area contributed by atoms with Gasteiger partial charge < -0.3 is 10.8 Å². The lowest BCUT2D eigenvalue weighted by atomic mass is 10.0. The lowest BCUT2D eigenvalue weighted by Crippen LogP contribution is -2.29. The molecule has 0 saturated heterocycles. The van der Waals surface area contributed by atoms with Crippen LogP contribution in [0.25, 0.3) is 0 Å². The Labute approximate surface area is 103 Å². The lowest BCUT2D eigenvalue weighted by molar-refractivity contribution is -0.138. The van der Waals surface area contributed by atoms with E-state index in [9.17, 15) is 4.79 Å². The van der Waals surface area contributed by atoms with E-state index < -0.39 is 12.0 Å². The van der Waals surface area contributed by atoms with Crippen LogP contribution < -0.4 is 5.73 Å². The lowest BCUT2D eigenvalue weighted by Gasteiger charge is -2.05. The number of hydrogen-bond donors (Lipinski definition) is 2. The summed E-state index contributed by atoms with van der Waals surface area (Å²) in [7, 11) is 0. The molecule has 1 rings (SSSR count). The van der Waals surface area contributed by atoms with Crippen molar-refractivity contribution in [3.8, 4) is 0 Å². The van der Waals surface area contributed by atoms with Crippen LogP contribution >= 0.6 is 0 Å². The molecule has 0 aliphatic carbocycles. The third-order valence-electron chi connectivity index (χ3n) is 2.89. The van der Waals surface area contributed by atoms with Gasteiger partial charge in [-0.2, -0.15) is 0 Å². The first-order valence-corrected chi connectivity index (χ1v) is 6.22. The maximum atomic E-state index is 10.5. The summed E-state index contributed by atoms with van der Waals surface area (Å²) in [5.41, 5.74) is 6.79. The Morgan fingerprint density at radius 2 is 1.76 bits per heavy atom. The highest BCUT2D eigenvalue weighted by Crippen LogP contribution is 2.09. The van der Waals surface area contributed by atoms with E-state index in [4.69, 9.17) is 10.8 Å². The predicted octanol–water partition coefficient (Wildman–Crippen LogP) is 2.59. The Morgan fingerprint density at radius 3 is 2.41 bits per heavy atom. The molecule has 3 N–H and O–H groups in total. The second kappa shape index (κ2) is 7.85. The zero-order chi connectivity index (χ0) is 12.5. The van der Waals surface area contributed by atoms with Crippen LogP contribution in [0.5, 0.6) is 0 Å². The van der Waals surface area contributed by atoms with Gasteiger partial charge in [0, 0.05) is 0 Å². The topological polar surface area (TPSA) is 63.3 Å². The van der Waals surface area contributed by atoms with E-state index in [2.05, 4.69) is 24.3 Å². The molecule has 0 radical (unpaired) electrons. The minimum Gasteiger partial charge on any atom is -0.480 e. The summed E-state index contributed by atoms with van der Waals surface area (Å²) in [5, 5.41) is 8.61. The van der Waals surface area contributed by atoms with Crippen LogP contribution in [0.15, 0.2) is 30.3 Å². The Balaban J connectivity index is 2.00. The molecule has 17 heavy (non-hydrogen) atoms. The van der Waals surface area contributed by atoms with E-state index in [1.165, 1.54) is 5.56 Å². The van der Waals surface area contributed by atoms with Crippen LogP contribution in [0.3, 0.4) is 0 Å². The second-order valence-corrected chi connectivity index (χ2v) is 4.38. The normalized spacial score (nSPS) is 12.3. The molecule has 0 amide bonds. The van der Waals surface area contributed by atoms with Gasteiger partial charge >= 0.3 is 5.97 Å². The summed E-state index contributed by atoms with van der Waals surface area (Å²) in [6, 6.07) is 9.73. The molecular weight excluding hydrogens is 214 g/mol. The molecule has 3 heteroatoms. The van der Waals surface area contributed by atoms with Crippen molar-refractivity contribution in [2.45, 2.75) is 44.6 Å². The summed E-state index contributed by atoms with van der Waals surface area (Å²) in [6.07, 6.45) is 5.95. The first-order valence-electron chi connectivity index (χ1n) is 6.22. The van der Waals surface area contributed by atoms with Crippen molar-refractivity contribution in [2.24, 2.45) is 5.73 Å². The number of nitrogens with two attached hydrogens (primary N) is 1. The molecule has 0 spiro atoms. The van der Waals surface area contributed by atoms with Crippen LogP contribution in [0.2, 0.25) is 0 Å². The Bertz CT molecular complexity index is 324. The van der Waals surface area contributed by atoms with Gasteiger partial charge in [0.2, 0.25) is 0 Å². The number of benzene rings is 1. The highest BCUT2D eigenvalue weighted by Gasteiger charge is 2.09. The van der Waals surface area contributed by atoms with Gasteiger partial charge in [-0.25, -0.2) is 0 Å². The zero-order valence-corrected chi connectivity index (χ0v) is 10.1. The van der Waals surface area contributed by atoms with Gasteiger partial charge in [0.15, 0.2) is 0 Å². The number of aryl methyl sites for hydroxylation is 1. The molecule has 0 aliphatic heterocycles. The average molecular weight is 235 g/mol. The summed E-state index contributed by atoms with van der Waals surface area (Å²) in [4.78, 5) is 10.5. The van der Waals surface area contributed by atoms with Crippen molar-refractivity contribution in [1.82, 2.24) is 0 Å². The molecule has 3 nitrogen and oxygen atoms in total. The van der Waals surface area contributed by atoms with Crippen LogP contribution in [-0.2, 0) is 11.2 Å². The quantitative estimate of drug-likeness (QED) is 0.681. The first kappa shape index (κ1) is 13.7. The van der Waals surface area contributed by atoms with Crippen molar-refractivity contribution < 1.29 is 9.90 Å². The molecule has 0 heterocycles. The Hall–Kier alpha value is -1.35. The molecule has 94 valence electrons. The number of hydrogen-bond acceptors (Lipinski definition) is 2. The minimum absolute atomic E-state index is 0.584.